The smallest absolute Gasteiger partial charge is 0.139 e. The van der Waals surface area contributed by atoms with Gasteiger partial charge in [0, 0.05) is 42.1 Å². The van der Waals surface area contributed by atoms with E-state index in [1.807, 2.05) is 11.3 Å². The van der Waals surface area contributed by atoms with Gasteiger partial charge >= 0.3 is 0 Å². The third-order valence-corrected chi connectivity index (χ3v) is 5.84. The van der Waals surface area contributed by atoms with Crippen molar-refractivity contribution in [3.8, 4) is 10.7 Å². The summed E-state index contributed by atoms with van der Waals surface area (Å²) in [6, 6.07) is 9.38. The second-order valence-corrected chi connectivity index (χ2v) is 8.78. The van der Waals surface area contributed by atoms with Gasteiger partial charge in [0.05, 0.1) is 16.9 Å². The molecule has 2 N–H and O–H groups in total. The first-order valence-electron chi connectivity index (χ1n) is 9.68. The van der Waals surface area contributed by atoms with Gasteiger partial charge in [0.1, 0.15) is 5.01 Å². The van der Waals surface area contributed by atoms with Crippen molar-refractivity contribution in [2.75, 3.05) is 18.4 Å². The van der Waals surface area contributed by atoms with Crippen molar-refractivity contribution in [2.45, 2.75) is 46.2 Å². The lowest BCUT2D eigenvalue weighted by molar-refractivity contribution is 0.228. The van der Waals surface area contributed by atoms with E-state index in [2.05, 4.69) is 66.4 Å². The van der Waals surface area contributed by atoms with Crippen LogP contribution in [-0.2, 0) is 6.54 Å². The molecule has 0 atom stereocenters. The molecule has 2 aromatic heterocycles. The molecule has 1 saturated carbocycles. The van der Waals surface area contributed by atoms with Crippen LogP contribution in [0.2, 0.25) is 0 Å². The Bertz CT molecular complexity index is 875. The van der Waals surface area contributed by atoms with Crippen LogP contribution >= 0.6 is 11.3 Å². The van der Waals surface area contributed by atoms with Crippen molar-refractivity contribution in [2.24, 2.45) is 5.92 Å². The maximum atomic E-state index is 4.71. The van der Waals surface area contributed by atoms with E-state index in [4.69, 9.17) is 4.98 Å². The molecule has 0 unspecified atom stereocenters. The van der Waals surface area contributed by atoms with E-state index in [0.29, 0.717) is 5.92 Å². The standard InChI is InChI=1S/C21H28N4S/c1-4-22-18-7-5-6-15-10-19(24-20(15)18)21-23-11-17(26-21)13-25(12-14(2)3)16-8-9-16/h5-7,10-11,14,16,22,24H,4,8-9,12-13H2,1-3H3. The van der Waals surface area contributed by atoms with E-state index < -0.39 is 0 Å². The SMILES string of the molecule is CCNc1cccc2cc(-c3ncc(CN(CC(C)C)C4CC4)s3)[nH]c12. The highest BCUT2D eigenvalue weighted by molar-refractivity contribution is 7.15. The Morgan fingerprint density at radius 2 is 2.19 bits per heavy atom. The highest BCUT2D eigenvalue weighted by Crippen LogP contribution is 2.33. The molecule has 3 aromatic rings. The summed E-state index contributed by atoms with van der Waals surface area (Å²) in [6.45, 7) is 9.86. The van der Waals surface area contributed by atoms with Gasteiger partial charge in [-0.05, 0) is 37.8 Å². The highest BCUT2D eigenvalue weighted by Gasteiger charge is 2.29. The third kappa shape index (κ3) is 3.79. The number of rotatable bonds is 8. The molecule has 1 aliphatic carbocycles. The van der Waals surface area contributed by atoms with Gasteiger partial charge in [-0.25, -0.2) is 4.98 Å². The average Bonchev–Trinajstić information content (AvgIpc) is 3.19. The number of anilines is 1. The van der Waals surface area contributed by atoms with Crippen molar-refractivity contribution >= 4 is 27.9 Å². The van der Waals surface area contributed by atoms with Gasteiger partial charge in [0.25, 0.3) is 0 Å². The minimum atomic E-state index is 0.709. The van der Waals surface area contributed by atoms with E-state index in [1.165, 1.54) is 35.2 Å². The van der Waals surface area contributed by atoms with E-state index in [9.17, 15) is 0 Å². The molecule has 0 bridgehead atoms. The van der Waals surface area contributed by atoms with Crippen LogP contribution < -0.4 is 5.32 Å². The fourth-order valence-electron chi connectivity index (χ4n) is 3.57. The molecule has 1 aliphatic rings. The molecule has 26 heavy (non-hydrogen) atoms. The van der Waals surface area contributed by atoms with Crippen LogP contribution in [0, 0.1) is 5.92 Å². The lowest BCUT2D eigenvalue weighted by Crippen LogP contribution is -2.29. The van der Waals surface area contributed by atoms with Crippen LogP contribution in [0.3, 0.4) is 0 Å². The lowest BCUT2D eigenvalue weighted by Gasteiger charge is -2.23. The summed E-state index contributed by atoms with van der Waals surface area (Å²) in [7, 11) is 0. The van der Waals surface area contributed by atoms with Gasteiger partial charge in [-0.1, -0.05) is 26.0 Å². The van der Waals surface area contributed by atoms with Crippen molar-refractivity contribution in [1.82, 2.24) is 14.9 Å². The summed E-state index contributed by atoms with van der Waals surface area (Å²) in [5.41, 5.74) is 3.44. The molecule has 2 heterocycles. The summed E-state index contributed by atoms with van der Waals surface area (Å²) < 4.78 is 0. The minimum absolute atomic E-state index is 0.709. The van der Waals surface area contributed by atoms with E-state index in [0.717, 1.165) is 35.5 Å². The Labute approximate surface area is 159 Å². The molecule has 0 radical (unpaired) electrons. The number of fused-ring (bicyclic) bond motifs is 1. The topological polar surface area (TPSA) is 44.0 Å². The molecule has 138 valence electrons. The summed E-state index contributed by atoms with van der Waals surface area (Å²) in [6.07, 6.45) is 4.77. The first-order chi connectivity index (χ1) is 12.6. The van der Waals surface area contributed by atoms with Crippen molar-refractivity contribution in [3.63, 3.8) is 0 Å². The Hall–Kier alpha value is -1.85. The number of aromatic nitrogens is 2. The molecule has 0 spiro atoms. The summed E-state index contributed by atoms with van der Waals surface area (Å²) in [5, 5.41) is 5.74. The number of nitrogens with one attached hydrogen (secondary N) is 2. The van der Waals surface area contributed by atoms with Crippen molar-refractivity contribution in [1.29, 1.82) is 0 Å². The zero-order valence-electron chi connectivity index (χ0n) is 15.9. The molecule has 0 aliphatic heterocycles. The van der Waals surface area contributed by atoms with Gasteiger partial charge in [-0.3, -0.25) is 4.90 Å². The van der Waals surface area contributed by atoms with Crippen LogP contribution in [0.15, 0.2) is 30.5 Å². The van der Waals surface area contributed by atoms with Gasteiger partial charge in [0.15, 0.2) is 0 Å². The number of hydrogen-bond acceptors (Lipinski definition) is 4. The van der Waals surface area contributed by atoms with Crippen LogP contribution in [0.4, 0.5) is 5.69 Å². The van der Waals surface area contributed by atoms with Crippen LogP contribution in [0.1, 0.15) is 38.5 Å². The number of hydrogen-bond donors (Lipinski definition) is 2. The lowest BCUT2D eigenvalue weighted by atomic mass is 10.2. The zero-order chi connectivity index (χ0) is 18.1. The van der Waals surface area contributed by atoms with Crippen LogP contribution in [0.25, 0.3) is 21.6 Å². The largest absolute Gasteiger partial charge is 0.384 e. The second-order valence-electron chi connectivity index (χ2n) is 7.67. The maximum absolute atomic E-state index is 4.71. The molecule has 5 heteroatoms. The Morgan fingerprint density at radius 1 is 1.35 bits per heavy atom. The fourth-order valence-corrected chi connectivity index (χ4v) is 4.48. The van der Waals surface area contributed by atoms with Crippen LogP contribution in [0.5, 0.6) is 0 Å². The summed E-state index contributed by atoms with van der Waals surface area (Å²) >= 11 is 1.82. The highest BCUT2D eigenvalue weighted by atomic mass is 32.1. The first kappa shape index (κ1) is 17.6. The molecule has 1 fully saturated rings. The minimum Gasteiger partial charge on any atom is -0.384 e. The molecular weight excluding hydrogens is 340 g/mol. The third-order valence-electron chi connectivity index (χ3n) is 4.83. The average molecular weight is 369 g/mol. The Balaban J connectivity index is 1.56. The predicted octanol–water partition coefficient (Wildman–Crippen LogP) is 5.34. The number of para-hydroxylation sites is 1. The second kappa shape index (κ2) is 7.41. The quantitative estimate of drug-likeness (QED) is 0.564. The Morgan fingerprint density at radius 3 is 2.92 bits per heavy atom. The molecule has 4 rings (SSSR count). The Kier molecular flexibility index (Phi) is 5.00. The van der Waals surface area contributed by atoms with Crippen LogP contribution in [-0.4, -0.2) is 34.0 Å². The van der Waals surface area contributed by atoms with E-state index in [-0.39, 0.29) is 0 Å². The molecule has 0 amide bonds. The molecule has 0 saturated heterocycles. The first-order valence-corrected chi connectivity index (χ1v) is 10.5. The van der Waals surface area contributed by atoms with Gasteiger partial charge in [-0.15, -0.1) is 11.3 Å². The zero-order valence-corrected chi connectivity index (χ0v) is 16.7. The van der Waals surface area contributed by atoms with Gasteiger partial charge < -0.3 is 10.3 Å². The number of aromatic amines is 1. The van der Waals surface area contributed by atoms with Crippen molar-refractivity contribution < 1.29 is 0 Å². The number of benzene rings is 1. The van der Waals surface area contributed by atoms with Gasteiger partial charge in [0.2, 0.25) is 0 Å². The van der Waals surface area contributed by atoms with E-state index >= 15 is 0 Å². The molecule has 4 nitrogen and oxygen atoms in total. The summed E-state index contributed by atoms with van der Waals surface area (Å²) in [5.74, 6) is 0.709. The molecular formula is C21H28N4S. The number of thiazole rings is 1. The maximum Gasteiger partial charge on any atom is 0.139 e. The summed E-state index contributed by atoms with van der Waals surface area (Å²) in [4.78, 5) is 12.3. The number of H-pyrrole nitrogens is 1. The monoisotopic (exact) mass is 368 g/mol. The van der Waals surface area contributed by atoms with E-state index in [1.54, 1.807) is 0 Å². The predicted molar refractivity (Wildman–Crippen MR) is 112 cm³/mol. The fraction of sp³-hybridized carbons (Fsp3) is 0.476. The van der Waals surface area contributed by atoms with Gasteiger partial charge in [-0.2, -0.15) is 0 Å². The molecule has 1 aromatic carbocycles. The van der Waals surface area contributed by atoms with Crippen molar-refractivity contribution in [3.05, 3.63) is 35.3 Å². The number of nitrogens with zero attached hydrogens (tertiary/aromatic N) is 2. The normalized spacial score (nSPS) is 14.7.